The molecule has 0 spiro atoms. The van der Waals surface area contributed by atoms with Crippen LogP contribution in [0.4, 0.5) is 17.5 Å². The van der Waals surface area contributed by atoms with E-state index in [0.29, 0.717) is 18.9 Å². The molecular weight excluding hydrogens is 250 g/mol. The van der Waals surface area contributed by atoms with Crippen LogP contribution in [0.15, 0.2) is 6.20 Å². The molecule has 0 aliphatic rings. The Labute approximate surface area is 111 Å². The lowest BCUT2D eigenvalue weighted by molar-refractivity contribution is -0.384. The van der Waals surface area contributed by atoms with Crippen molar-refractivity contribution in [3.05, 3.63) is 16.3 Å². The summed E-state index contributed by atoms with van der Waals surface area (Å²) in [5, 5.41) is 25.8. The average molecular weight is 269 g/mol. The van der Waals surface area contributed by atoms with Crippen LogP contribution in [0.2, 0.25) is 0 Å². The predicted octanol–water partition coefficient (Wildman–Crippen LogP) is 1.39. The second-order valence-corrected chi connectivity index (χ2v) is 4.70. The second kappa shape index (κ2) is 6.28. The maximum absolute atomic E-state index is 11.0. The van der Waals surface area contributed by atoms with Gasteiger partial charge < -0.3 is 15.7 Å². The zero-order valence-corrected chi connectivity index (χ0v) is 11.3. The lowest BCUT2D eigenvalue weighted by Crippen LogP contribution is -2.32. The first-order valence-corrected chi connectivity index (χ1v) is 6.04. The molecule has 8 heteroatoms. The average Bonchev–Trinajstić information content (AvgIpc) is 2.28. The number of aliphatic hydroxyl groups is 1. The van der Waals surface area contributed by atoms with Gasteiger partial charge in [-0.2, -0.15) is 4.98 Å². The van der Waals surface area contributed by atoms with Crippen LogP contribution in [-0.2, 0) is 0 Å². The zero-order valence-electron chi connectivity index (χ0n) is 11.3. The Morgan fingerprint density at radius 3 is 2.74 bits per heavy atom. The fourth-order valence-electron chi connectivity index (χ4n) is 1.51. The van der Waals surface area contributed by atoms with E-state index in [1.165, 1.54) is 6.20 Å². The van der Waals surface area contributed by atoms with Gasteiger partial charge in [0.2, 0.25) is 11.8 Å². The molecule has 8 nitrogen and oxygen atoms in total. The van der Waals surface area contributed by atoms with E-state index in [1.807, 2.05) is 20.8 Å². The third kappa shape index (κ3) is 4.32. The van der Waals surface area contributed by atoms with E-state index in [-0.39, 0.29) is 18.1 Å². The fourth-order valence-corrected chi connectivity index (χ4v) is 1.51. The zero-order chi connectivity index (χ0) is 14.5. The van der Waals surface area contributed by atoms with E-state index in [0.717, 1.165) is 0 Å². The van der Waals surface area contributed by atoms with Crippen molar-refractivity contribution < 1.29 is 10.0 Å². The number of aliphatic hydroxyl groups excluding tert-OH is 1. The number of nitrogens with zero attached hydrogens (tertiary/aromatic N) is 3. The van der Waals surface area contributed by atoms with E-state index < -0.39 is 10.5 Å². The van der Waals surface area contributed by atoms with E-state index in [9.17, 15) is 10.1 Å². The Morgan fingerprint density at radius 2 is 2.21 bits per heavy atom. The predicted molar refractivity (Wildman–Crippen MR) is 72.3 cm³/mol. The van der Waals surface area contributed by atoms with Gasteiger partial charge in [-0.1, -0.05) is 0 Å². The lowest BCUT2D eigenvalue weighted by Gasteiger charge is -2.25. The summed E-state index contributed by atoms with van der Waals surface area (Å²) in [4.78, 5) is 18.4. The number of anilines is 2. The van der Waals surface area contributed by atoms with Gasteiger partial charge in [-0.25, -0.2) is 4.98 Å². The highest BCUT2D eigenvalue weighted by molar-refractivity contribution is 5.58. The smallest absolute Gasteiger partial charge is 0.329 e. The summed E-state index contributed by atoms with van der Waals surface area (Å²) < 4.78 is 0. The molecule has 0 radical (unpaired) electrons. The third-order valence-electron chi connectivity index (χ3n) is 2.49. The van der Waals surface area contributed by atoms with Gasteiger partial charge in [-0.15, -0.1) is 0 Å². The Bertz CT molecular complexity index is 450. The highest BCUT2D eigenvalue weighted by Gasteiger charge is 2.24. The van der Waals surface area contributed by atoms with Crippen molar-refractivity contribution in [1.82, 2.24) is 9.97 Å². The number of nitro groups is 1. The minimum Gasteiger partial charge on any atom is -0.396 e. The molecule has 0 saturated carbocycles. The Balaban J connectivity index is 3.07. The van der Waals surface area contributed by atoms with Crippen molar-refractivity contribution in [1.29, 1.82) is 0 Å². The Morgan fingerprint density at radius 1 is 1.53 bits per heavy atom. The monoisotopic (exact) mass is 269 g/mol. The van der Waals surface area contributed by atoms with Gasteiger partial charge in [0.1, 0.15) is 6.20 Å². The Hall–Kier alpha value is -1.96. The molecule has 0 bridgehead atoms. The van der Waals surface area contributed by atoms with E-state index in [1.54, 1.807) is 0 Å². The summed E-state index contributed by atoms with van der Waals surface area (Å²) in [5.41, 5.74) is -0.690. The molecule has 3 N–H and O–H groups in total. The van der Waals surface area contributed by atoms with Gasteiger partial charge in [-0.05, 0) is 27.2 Å². The van der Waals surface area contributed by atoms with Gasteiger partial charge >= 0.3 is 5.69 Å². The molecule has 0 unspecified atom stereocenters. The van der Waals surface area contributed by atoms with Gasteiger partial charge in [0.15, 0.2) is 0 Å². The fraction of sp³-hybridized carbons (Fsp3) is 0.636. The molecule has 0 aromatic carbocycles. The van der Waals surface area contributed by atoms with Crippen molar-refractivity contribution in [2.75, 3.05) is 23.8 Å². The van der Waals surface area contributed by atoms with Crippen LogP contribution in [0.3, 0.4) is 0 Å². The molecule has 0 saturated heterocycles. The highest BCUT2D eigenvalue weighted by Crippen LogP contribution is 2.26. The first kappa shape index (κ1) is 15.1. The van der Waals surface area contributed by atoms with Gasteiger partial charge in [0.25, 0.3) is 0 Å². The number of hydrogen-bond acceptors (Lipinski definition) is 7. The molecule has 0 amide bonds. The van der Waals surface area contributed by atoms with E-state index in [2.05, 4.69) is 20.6 Å². The summed E-state index contributed by atoms with van der Waals surface area (Å²) >= 11 is 0. The molecule has 1 heterocycles. The summed E-state index contributed by atoms with van der Waals surface area (Å²) in [6.45, 7) is 6.16. The summed E-state index contributed by atoms with van der Waals surface area (Å²) in [6, 6.07) is 0. The van der Waals surface area contributed by atoms with Crippen molar-refractivity contribution in [3.8, 4) is 0 Å². The van der Waals surface area contributed by atoms with Crippen LogP contribution in [-0.4, -0.2) is 38.7 Å². The highest BCUT2D eigenvalue weighted by atomic mass is 16.6. The Kier molecular flexibility index (Phi) is 4.99. The first-order valence-electron chi connectivity index (χ1n) is 6.04. The molecule has 0 atom stereocenters. The number of rotatable bonds is 7. The third-order valence-corrected chi connectivity index (χ3v) is 2.49. The van der Waals surface area contributed by atoms with Gasteiger partial charge in [-0.3, -0.25) is 10.1 Å². The SMILES string of the molecule is CCNc1ncc([N+](=O)[O-])c(NC(C)(C)CCO)n1. The summed E-state index contributed by atoms with van der Waals surface area (Å²) in [6.07, 6.45) is 1.62. The molecule has 19 heavy (non-hydrogen) atoms. The summed E-state index contributed by atoms with van der Waals surface area (Å²) in [7, 11) is 0. The topological polar surface area (TPSA) is 113 Å². The van der Waals surface area contributed by atoms with Crippen LogP contribution >= 0.6 is 0 Å². The van der Waals surface area contributed by atoms with Crippen molar-refractivity contribution in [2.24, 2.45) is 0 Å². The molecule has 1 aromatic heterocycles. The van der Waals surface area contributed by atoms with Crippen LogP contribution in [0, 0.1) is 10.1 Å². The van der Waals surface area contributed by atoms with Crippen LogP contribution in [0.25, 0.3) is 0 Å². The minimum absolute atomic E-state index is 0.0149. The molecule has 106 valence electrons. The largest absolute Gasteiger partial charge is 0.396 e. The van der Waals surface area contributed by atoms with Gasteiger partial charge in [0, 0.05) is 18.7 Å². The normalized spacial score (nSPS) is 11.2. The molecular formula is C11H19N5O3. The lowest BCUT2D eigenvalue weighted by atomic mass is 10.0. The standard InChI is InChI=1S/C11H19N5O3/c1-4-12-10-13-7-8(16(18)19)9(14-10)15-11(2,3)5-6-17/h7,17H,4-6H2,1-3H3,(H2,12,13,14,15). The van der Waals surface area contributed by atoms with Crippen molar-refractivity contribution in [3.63, 3.8) is 0 Å². The number of hydrogen-bond donors (Lipinski definition) is 3. The quantitative estimate of drug-likeness (QED) is 0.506. The molecule has 0 aliphatic carbocycles. The van der Waals surface area contributed by atoms with E-state index in [4.69, 9.17) is 5.11 Å². The van der Waals surface area contributed by atoms with Crippen LogP contribution in [0.5, 0.6) is 0 Å². The molecule has 0 fully saturated rings. The van der Waals surface area contributed by atoms with Gasteiger partial charge in [0.05, 0.1) is 4.92 Å². The summed E-state index contributed by atoms with van der Waals surface area (Å²) in [5.74, 6) is 0.477. The van der Waals surface area contributed by atoms with Crippen LogP contribution < -0.4 is 10.6 Å². The van der Waals surface area contributed by atoms with E-state index >= 15 is 0 Å². The van der Waals surface area contributed by atoms with Crippen LogP contribution in [0.1, 0.15) is 27.2 Å². The second-order valence-electron chi connectivity index (χ2n) is 4.70. The molecule has 1 rings (SSSR count). The number of nitrogens with one attached hydrogen (secondary N) is 2. The van der Waals surface area contributed by atoms with Crippen molar-refractivity contribution >= 4 is 17.5 Å². The molecule has 0 aliphatic heterocycles. The van der Waals surface area contributed by atoms with Crippen molar-refractivity contribution in [2.45, 2.75) is 32.7 Å². The minimum atomic E-state index is -0.535. The maximum Gasteiger partial charge on any atom is 0.329 e. The number of aromatic nitrogens is 2. The molecule has 1 aromatic rings. The maximum atomic E-state index is 11.0. The first-order chi connectivity index (χ1) is 8.89.